The molecule has 1 N–H and O–H groups in total. The molecule has 2 rings (SSSR count). The molecule has 0 bridgehead atoms. The Labute approximate surface area is 87.3 Å². The predicted molar refractivity (Wildman–Crippen MR) is 58.2 cm³/mol. The van der Waals surface area contributed by atoms with Gasteiger partial charge in [0.25, 0.3) is 0 Å². The standard InChI is InChI=1S/C12H23NO/c1-11(2,10-14)7-13-8-12(9-13)5-3-4-6-12/h14H,3-10H2,1-2H3. The molecule has 0 aromatic rings. The summed E-state index contributed by atoms with van der Waals surface area (Å²) < 4.78 is 0. The van der Waals surface area contributed by atoms with E-state index in [1.165, 1.54) is 38.8 Å². The van der Waals surface area contributed by atoms with Crippen molar-refractivity contribution in [1.82, 2.24) is 4.90 Å². The van der Waals surface area contributed by atoms with Crippen molar-refractivity contribution in [2.45, 2.75) is 39.5 Å². The Bertz CT molecular complexity index is 198. The monoisotopic (exact) mass is 197 g/mol. The molecular formula is C12H23NO. The molecule has 2 aliphatic rings. The Morgan fingerprint density at radius 3 is 2.29 bits per heavy atom. The highest BCUT2D eigenvalue weighted by Crippen LogP contribution is 2.45. The maximum atomic E-state index is 9.19. The molecule has 1 aliphatic carbocycles. The van der Waals surface area contributed by atoms with Gasteiger partial charge in [0.15, 0.2) is 0 Å². The summed E-state index contributed by atoms with van der Waals surface area (Å²) in [5.41, 5.74) is 0.783. The maximum Gasteiger partial charge on any atom is 0.0494 e. The molecule has 2 heteroatoms. The average molecular weight is 197 g/mol. The van der Waals surface area contributed by atoms with E-state index in [1.807, 2.05) is 0 Å². The fraction of sp³-hybridized carbons (Fsp3) is 1.00. The zero-order chi connectivity index (χ0) is 10.2. The van der Waals surface area contributed by atoms with E-state index < -0.39 is 0 Å². The van der Waals surface area contributed by atoms with Gasteiger partial charge >= 0.3 is 0 Å². The molecule has 14 heavy (non-hydrogen) atoms. The van der Waals surface area contributed by atoms with E-state index in [0.717, 1.165) is 6.54 Å². The molecule has 0 radical (unpaired) electrons. The lowest BCUT2D eigenvalue weighted by Crippen LogP contribution is -2.57. The molecule has 2 fully saturated rings. The van der Waals surface area contributed by atoms with Crippen LogP contribution >= 0.6 is 0 Å². The Kier molecular flexibility index (Phi) is 2.61. The fourth-order valence-electron chi connectivity index (χ4n) is 3.11. The van der Waals surface area contributed by atoms with Gasteiger partial charge in [-0.3, -0.25) is 0 Å². The molecule has 1 heterocycles. The van der Waals surface area contributed by atoms with Crippen molar-refractivity contribution in [2.75, 3.05) is 26.2 Å². The molecular weight excluding hydrogens is 174 g/mol. The smallest absolute Gasteiger partial charge is 0.0494 e. The van der Waals surface area contributed by atoms with Crippen molar-refractivity contribution in [3.63, 3.8) is 0 Å². The first-order valence-corrected chi connectivity index (χ1v) is 5.89. The molecule has 0 amide bonds. The number of hydrogen-bond acceptors (Lipinski definition) is 2. The molecule has 2 nitrogen and oxygen atoms in total. The van der Waals surface area contributed by atoms with Crippen LogP contribution in [0.4, 0.5) is 0 Å². The highest BCUT2D eigenvalue weighted by molar-refractivity contribution is 4.98. The summed E-state index contributed by atoms with van der Waals surface area (Å²) in [6.07, 6.45) is 5.78. The van der Waals surface area contributed by atoms with Crippen LogP contribution in [0.2, 0.25) is 0 Å². The number of nitrogens with zero attached hydrogens (tertiary/aromatic N) is 1. The van der Waals surface area contributed by atoms with Crippen molar-refractivity contribution < 1.29 is 5.11 Å². The summed E-state index contributed by atoms with van der Waals surface area (Å²) in [6.45, 7) is 8.23. The van der Waals surface area contributed by atoms with Gasteiger partial charge in [0, 0.05) is 31.7 Å². The lowest BCUT2D eigenvalue weighted by Gasteiger charge is -2.50. The third kappa shape index (κ3) is 1.96. The first-order chi connectivity index (χ1) is 6.55. The molecule has 0 aromatic heterocycles. The van der Waals surface area contributed by atoms with E-state index >= 15 is 0 Å². The van der Waals surface area contributed by atoms with Gasteiger partial charge in [-0.1, -0.05) is 26.7 Å². The highest BCUT2D eigenvalue weighted by atomic mass is 16.3. The molecule has 1 saturated carbocycles. The SMILES string of the molecule is CC(C)(CO)CN1CC2(CCCC2)C1. The van der Waals surface area contributed by atoms with Crippen molar-refractivity contribution >= 4 is 0 Å². The first-order valence-electron chi connectivity index (χ1n) is 5.89. The minimum absolute atomic E-state index is 0.0835. The number of hydrogen-bond donors (Lipinski definition) is 1. The summed E-state index contributed by atoms with van der Waals surface area (Å²) >= 11 is 0. The van der Waals surface area contributed by atoms with Crippen molar-refractivity contribution in [2.24, 2.45) is 10.8 Å². The molecule has 82 valence electrons. The van der Waals surface area contributed by atoms with Gasteiger partial charge in [0.1, 0.15) is 0 Å². The number of likely N-dealkylation sites (tertiary alicyclic amines) is 1. The van der Waals surface area contributed by atoms with Crippen LogP contribution in [-0.2, 0) is 0 Å². The Morgan fingerprint density at radius 2 is 1.79 bits per heavy atom. The largest absolute Gasteiger partial charge is 0.396 e. The predicted octanol–water partition coefficient (Wildman–Crippen LogP) is 1.88. The third-order valence-corrected chi connectivity index (χ3v) is 3.86. The summed E-state index contributed by atoms with van der Waals surface area (Å²) in [5, 5.41) is 9.19. The maximum absolute atomic E-state index is 9.19. The highest BCUT2D eigenvalue weighted by Gasteiger charge is 2.45. The molecule has 0 unspecified atom stereocenters. The fourth-order valence-corrected chi connectivity index (χ4v) is 3.11. The Morgan fingerprint density at radius 1 is 1.21 bits per heavy atom. The number of aliphatic hydroxyl groups excluding tert-OH is 1. The summed E-state index contributed by atoms with van der Waals surface area (Å²) in [5.74, 6) is 0. The van der Waals surface area contributed by atoms with Gasteiger partial charge in [-0.2, -0.15) is 0 Å². The Hall–Kier alpha value is -0.0800. The molecule has 1 saturated heterocycles. The van der Waals surface area contributed by atoms with Crippen molar-refractivity contribution in [1.29, 1.82) is 0 Å². The quantitative estimate of drug-likeness (QED) is 0.746. The van der Waals surface area contributed by atoms with Gasteiger partial charge in [-0.15, -0.1) is 0 Å². The van der Waals surface area contributed by atoms with Gasteiger partial charge in [0.2, 0.25) is 0 Å². The van der Waals surface area contributed by atoms with Crippen LogP contribution in [0.15, 0.2) is 0 Å². The molecule has 0 atom stereocenters. The minimum atomic E-state index is 0.0835. The van der Waals surface area contributed by atoms with E-state index in [0.29, 0.717) is 12.0 Å². The van der Waals surface area contributed by atoms with Crippen LogP contribution in [0.25, 0.3) is 0 Å². The zero-order valence-corrected chi connectivity index (χ0v) is 9.55. The average Bonchev–Trinajstić information content (AvgIpc) is 2.52. The molecule has 1 aliphatic heterocycles. The first kappa shape index (κ1) is 10.4. The topological polar surface area (TPSA) is 23.5 Å². The van der Waals surface area contributed by atoms with Crippen LogP contribution in [0.5, 0.6) is 0 Å². The molecule has 0 aromatic carbocycles. The van der Waals surface area contributed by atoms with Gasteiger partial charge in [0.05, 0.1) is 0 Å². The van der Waals surface area contributed by atoms with Gasteiger partial charge in [-0.25, -0.2) is 0 Å². The second kappa shape index (κ2) is 3.49. The summed E-state index contributed by atoms with van der Waals surface area (Å²) in [4.78, 5) is 2.52. The summed E-state index contributed by atoms with van der Waals surface area (Å²) in [7, 11) is 0. The summed E-state index contributed by atoms with van der Waals surface area (Å²) in [6, 6.07) is 0. The number of rotatable bonds is 3. The second-order valence-corrected chi connectivity index (χ2v) is 6.17. The molecule has 1 spiro atoms. The second-order valence-electron chi connectivity index (χ2n) is 6.17. The van der Waals surface area contributed by atoms with E-state index in [1.54, 1.807) is 0 Å². The van der Waals surface area contributed by atoms with Crippen LogP contribution < -0.4 is 0 Å². The number of aliphatic hydroxyl groups is 1. The van der Waals surface area contributed by atoms with E-state index in [2.05, 4.69) is 18.7 Å². The van der Waals surface area contributed by atoms with E-state index in [9.17, 15) is 5.11 Å². The Balaban J connectivity index is 1.77. The third-order valence-electron chi connectivity index (χ3n) is 3.86. The van der Waals surface area contributed by atoms with Crippen LogP contribution in [-0.4, -0.2) is 36.2 Å². The normalized spacial score (nSPS) is 26.8. The van der Waals surface area contributed by atoms with E-state index in [-0.39, 0.29) is 5.41 Å². The lowest BCUT2D eigenvalue weighted by atomic mass is 9.77. The van der Waals surface area contributed by atoms with E-state index in [4.69, 9.17) is 0 Å². The van der Waals surface area contributed by atoms with Crippen molar-refractivity contribution in [3.05, 3.63) is 0 Å². The van der Waals surface area contributed by atoms with Crippen molar-refractivity contribution in [3.8, 4) is 0 Å². The van der Waals surface area contributed by atoms with Crippen LogP contribution in [0.1, 0.15) is 39.5 Å². The van der Waals surface area contributed by atoms with Gasteiger partial charge < -0.3 is 10.0 Å². The minimum Gasteiger partial charge on any atom is -0.396 e. The lowest BCUT2D eigenvalue weighted by molar-refractivity contribution is -0.0283. The van der Waals surface area contributed by atoms with Crippen LogP contribution in [0.3, 0.4) is 0 Å². The van der Waals surface area contributed by atoms with Crippen LogP contribution in [0, 0.1) is 10.8 Å². The zero-order valence-electron chi connectivity index (χ0n) is 9.55. The van der Waals surface area contributed by atoms with Gasteiger partial charge in [-0.05, 0) is 18.3 Å².